The maximum atomic E-state index is 11.5. The number of esters is 2. The minimum atomic E-state index is -0.500. The first-order chi connectivity index (χ1) is 10.4. The third kappa shape index (κ3) is 2.24. The van der Waals surface area contributed by atoms with Crippen molar-refractivity contribution in [2.45, 2.75) is 26.3 Å². The van der Waals surface area contributed by atoms with Gasteiger partial charge in [0.1, 0.15) is 0 Å². The summed E-state index contributed by atoms with van der Waals surface area (Å²) in [6.07, 6.45) is -0.884. The van der Waals surface area contributed by atoms with E-state index in [0.717, 1.165) is 11.4 Å². The van der Waals surface area contributed by atoms with Gasteiger partial charge in [0.2, 0.25) is 0 Å². The molecule has 0 aliphatic carbocycles. The number of anilines is 2. The monoisotopic (exact) mass is 336 g/mol. The number of hydrogen-bond acceptors (Lipinski definition) is 6. The largest absolute Gasteiger partial charge is 0.436 e. The van der Waals surface area contributed by atoms with E-state index < -0.39 is 24.4 Å². The fourth-order valence-corrected chi connectivity index (χ4v) is 3.08. The van der Waals surface area contributed by atoms with Gasteiger partial charge in [0.05, 0.1) is 0 Å². The molecule has 114 valence electrons. The summed E-state index contributed by atoms with van der Waals surface area (Å²) < 4.78 is 10.1. The Bertz CT molecular complexity index is 630. The summed E-state index contributed by atoms with van der Waals surface area (Å²) in [4.78, 5) is 26.5. The highest BCUT2D eigenvalue weighted by Crippen LogP contribution is 2.29. The molecule has 6 nitrogen and oxygen atoms in total. The highest BCUT2D eigenvalue weighted by atomic mass is 32.1. The molecule has 22 heavy (non-hydrogen) atoms. The molecule has 2 saturated heterocycles. The first-order valence-electron chi connectivity index (χ1n) is 6.58. The number of rotatable bonds is 2. The van der Waals surface area contributed by atoms with E-state index in [1.807, 2.05) is 0 Å². The molecular formula is C14H12N2O4S2. The molecule has 0 N–H and O–H groups in total. The van der Waals surface area contributed by atoms with E-state index in [2.05, 4.69) is 0 Å². The van der Waals surface area contributed by atoms with Gasteiger partial charge < -0.3 is 9.47 Å². The van der Waals surface area contributed by atoms with Crippen molar-refractivity contribution in [2.75, 3.05) is 9.80 Å². The van der Waals surface area contributed by atoms with Crippen molar-refractivity contribution in [1.29, 1.82) is 0 Å². The molecule has 2 unspecified atom stereocenters. The number of benzene rings is 1. The van der Waals surface area contributed by atoms with Gasteiger partial charge in [-0.15, -0.1) is 0 Å². The molecule has 3 rings (SSSR count). The van der Waals surface area contributed by atoms with Crippen LogP contribution in [0.25, 0.3) is 0 Å². The van der Waals surface area contributed by atoms with E-state index in [4.69, 9.17) is 33.9 Å². The number of cyclic esters (lactones) is 2. The van der Waals surface area contributed by atoms with Gasteiger partial charge in [-0.2, -0.15) is 0 Å². The van der Waals surface area contributed by atoms with Crippen LogP contribution < -0.4 is 9.80 Å². The molecule has 0 saturated carbocycles. The van der Waals surface area contributed by atoms with Gasteiger partial charge in [0.15, 0.2) is 22.4 Å². The topological polar surface area (TPSA) is 59.1 Å². The lowest BCUT2D eigenvalue weighted by atomic mass is 10.2. The van der Waals surface area contributed by atoms with Gasteiger partial charge in [-0.05, 0) is 38.1 Å². The SMILES string of the molecule is CC1OC(=O)C(=S)N1c1ccc(N2C(=S)C(=O)OC2C)cc1. The van der Waals surface area contributed by atoms with Crippen LogP contribution in [-0.4, -0.2) is 34.4 Å². The number of hydrogen-bond donors (Lipinski definition) is 0. The fraction of sp³-hybridized carbons (Fsp3) is 0.286. The quantitative estimate of drug-likeness (QED) is 0.598. The molecule has 0 bridgehead atoms. The van der Waals surface area contributed by atoms with Crippen molar-refractivity contribution in [2.24, 2.45) is 0 Å². The van der Waals surface area contributed by atoms with E-state index in [-0.39, 0.29) is 9.98 Å². The number of thiocarbonyl (C=S) groups is 2. The smallest absolute Gasteiger partial charge is 0.368 e. The summed E-state index contributed by atoms with van der Waals surface area (Å²) in [6, 6.07) is 7.16. The zero-order valence-electron chi connectivity index (χ0n) is 11.8. The molecule has 0 spiro atoms. The zero-order chi connectivity index (χ0) is 16.0. The molecule has 2 fully saturated rings. The molecule has 2 aliphatic rings. The lowest BCUT2D eigenvalue weighted by Gasteiger charge is -2.23. The Hall–Kier alpha value is -2.06. The molecule has 0 amide bonds. The first kappa shape index (κ1) is 14.9. The van der Waals surface area contributed by atoms with Crippen molar-refractivity contribution < 1.29 is 19.1 Å². The van der Waals surface area contributed by atoms with Gasteiger partial charge in [-0.3, -0.25) is 9.80 Å². The highest BCUT2D eigenvalue weighted by Gasteiger charge is 2.37. The number of nitrogens with zero attached hydrogens (tertiary/aromatic N) is 2. The molecule has 2 aliphatic heterocycles. The van der Waals surface area contributed by atoms with Crippen molar-refractivity contribution in [1.82, 2.24) is 0 Å². The van der Waals surface area contributed by atoms with Crippen molar-refractivity contribution in [3.05, 3.63) is 24.3 Å². The second kappa shape index (κ2) is 5.29. The normalized spacial score (nSPS) is 24.8. The second-order valence-electron chi connectivity index (χ2n) is 4.88. The van der Waals surface area contributed by atoms with Gasteiger partial charge in [0, 0.05) is 11.4 Å². The summed E-state index contributed by atoms with van der Waals surface area (Å²) in [5, 5.41) is 0. The molecule has 1 aromatic rings. The summed E-state index contributed by atoms with van der Waals surface area (Å²) in [7, 11) is 0. The molecular weight excluding hydrogens is 324 g/mol. The van der Waals surface area contributed by atoms with E-state index in [1.165, 1.54) is 0 Å². The highest BCUT2D eigenvalue weighted by molar-refractivity contribution is 7.82. The van der Waals surface area contributed by atoms with Gasteiger partial charge in [0.25, 0.3) is 0 Å². The van der Waals surface area contributed by atoms with Crippen LogP contribution in [0.5, 0.6) is 0 Å². The van der Waals surface area contributed by atoms with Crippen LogP contribution in [0.2, 0.25) is 0 Å². The van der Waals surface area contributed by atoms with Crippen LogP contribution in [0.3, 0.4) is 0 Å². The maximum absolute atomic E-state index is 11.5. The molecule has 0 aromatic heterocycles. The maximum Gasteiger partial charge on any atom is 0.368 e. The van der Waals surface area contributed by atoms with E-state index in [1.54, 1.807) is 47.9 Å². The lowest BCUT2D eigenvalue weighted by molar-refractivity contribution is -0.136. The van der Waals surface area contributed by atoms with Gasteiger partial charge >= 0.3 is 11.9 Å². The molecule has 2 atom stereocenters. The van der Waals surface area contributed by atoms with Crippen LogP contribution in [-0.2, 0) is 19.1 Å². The molecule has 2 heterocycles. The van der Waals surface area contributed by atoms with Crippen LogP contribution in [0.1, 0.15) is 13.8 Å². The fourth-order valence-electron chi connectivity index (χ4n) is 2.47. The predicted octanol–water partition coefficient (Wildman–Crippen LogP) is 1.76. The van der Waals surface area contributed by atoms with E-state index >= 15 is 0 Å². The van der Waals surface area contributed by atoms with Crippen LogP contribution in [0.4, 0.5) is 11.4 Å². The van der Waals surface area contributed by atoms with Crippen molar-refractivity contribution in [3.63, 3.8) is 0 Å². The van der Waals surface area contributed by atoms with Crippen LogP contribution in [0.15, 0.2) is 24.3 Å². The Balaban J connectivity index is 1.88. The van der Waals surface area contributed by atoms with Gasteiger partial charge in [-0.25, -0.2) is 9.59 Å². The summed E-state index contributed by atoms with van der Waals surface area (Å²) >= 11 is 10.1. The number of carbonyl (C=O) groups excluding carboxylic acids is 2. The Morgan fingerprint density at radius 1 is 0.818 bits per heavy atom. The average molecular weight is 336 g/mol. The lowest BCUT2D eigenvalue weighted by Crippen LogP contribution is -2.32. The zero-order valence-corrected chi connectivity index (χ0v) is 13.4. The van der Waals surface area contributed by atoms with Gasteiger partial charge in [-0.1, -0.05) is 24.4 Å². The third-order valence-electron chi connectivity index (χ3n) is 3.48. The van der Waals surface area contributed by atoms with E-state index in [9.17, 15) is 9.59 Å². The van der Waals surface area contributed by atoms with Crippen LogP contribution >= 0.6 is 24.4 Å². The Labute approximate surface area is 137 Å². The molecule has 0 radical (unpaired) electrons. The first-order valence-corrected chi connectivity index (χ1v) is 7.40. The molecule has 8 heteroatoms. The summed E-state index contributed by atoms with van der Waals surface area (Å²) in [6.45, 7) is 3.49. The summed E-state index contributed by atoms with van der Waals surface area (Å²) in [5.74, 6) is -1.00. The summed E-state index contributed by atoms with van der Waals surface area (Å²) in [5.41, 5.74) is 1.47. The minimum Gasteiger partial charge on any atom is -0.436 e. The standard InChI is InChI=1S/C14H12N2O4S2/c1-7-15(11(21)13(17)19-7)9-3-5-10(6-4-9)16-8(2)20-14(18)12(16)22/h3-8H,1-2H3. The predicted molar refractivity (Wildman–Crippen MR) is 87.7 cm³/mol. The number of ether oxygens (including phenoxy) is 2. The second-order valence-corrected chi connectivity index (χ2v) is 5.65. The Morgan fingerprint density at radius 3 is 1.36 bits per heavy atom. The average Bonchev–Trinajstić information content (AvgIpc) is 2.87. The third-order valence-corrected chi connectivity index (χ3v) is 4.20. The van der Waals surface area contributed by atoms with Crippen LogP contribution in [0, 0.1) is 0 Å². The van der Waals surface area contributed by atoms with E-state index in [0.29, 0.717) is 0 Å². The molecule has 1 aromatic carbocycles. The Morgan fingerprint density at radius 2 is 1.14 bits per heavy atom. The van der Waals surface area contributed by atoms with Crippen molar-refractivity contribution >= 4 is 57.7 Å². The Kier molecular flexibility index (Phi) is 3.57. The number of carbonyl (C=O) groups is 2. The minimum absolute atomic E-state index is 0.129. The van der Waals surface area contributed by atoms with Crippen molar-refractivity contribution in [3.8, 4) is 0 Å².